The molecule has 0 spiro atoms. The summed E-state index contributed by atoms with van der Waals surface area (Å²) in [5.41, 5.74) is 3.83. The van der Waals surface area contributed by atoms with Crippen LogP contribution >= 0.6 is 12.2 Å². The van der Waals surface area contributed by atoms with Crippen LogP contribution in [0.25, 0.3) is 5.69 Å². The lowest BCUT2D eigenvalue weighted by Gasteiger charge is -2.29. The van der Waals surface area contributed by atoms with Gasteiger partial charge in [0.2, 0.25) is 5.91 Å². The number of anilines is 2. The molecule has 198 valence electrons. The number of amides is 1. The third kappa shape index (κ3) is 5.04. The fourth-order valence-corrected chi connectivity index (χ4v) is 5.06. The normalized spacial score (nSPS) is 16.6. The molecule has 0 unspecified atom stereocenters. The van der Waals surface area contributed by atoms with Crippen molar-refractivity contribution in [2.24, 2.45) is 0 Å². The van der Waals surface area contributed by atoms with Crippen LogP contribution in [0.1, 0.15) is 36.8 Å². The minimum absolute atomic E-state index is 0.0199. The maximum Gasteiger partial charge on any atom is 0.269 e. The minimum atomic E-state index is -0.418. The van der Waals surface area contributed by atoms with Gasteiger partial charge in [-0.15, -0.1) is 0 Å². The Bertz CT molecular complexity index is 1520. The molecule has 2 N–H and O–H groups in total. The Morgan fingerprint density at radius 2 is 1.90 bits per heavy atom. The summed E-state index contributed by atoms with van der Waals surface area (Å²) in [5.74, 6) is 0.385. The molecular weight excluding hydrogens is 516 g/mol. The number of ether oxygens (including phenoxy) is 1. The van der Waals surface area contributed by atoms with Gasteiger partial charge in [-0.3, -0.25) is 19.9 Å². The summed E-state index contributed by atoms with van der Waals surface area (Å²) in [7, 11) is 1.55. The second kappa shape index (κ2) is 10.9. The van der Waals surface area contributed by atoms with Crippen LogP contribution in [-0.2, 0) is 4.79 Å². The van der Waals surface area contributed by atoms with Gasteiger partial charge < -0.3 is 24.8 Å². The van der Waals surface area contributed by atoms with Crippen molar-refractivity contribution in [1.82, 2.24) is 14.9 Å². The third-order valence-electron chi connectivity index (χ3n) is 6.58. The molecule has 0 saturated carbocycles. The van der Waals surface area contributed by atoms with Crippen molar-refractivity contribution in [2.45, 2.75) is 25.4 Å². The third-order valence-corrected chi connectivity index (χ3v) is 6.89. The SMILES string of the molecule is CCC(=O)Nc1ccc(N2C(=S)N[C@H](c3ccccn3)[C@@H]2c2cccn2-c2ccc([N+](=O)[O-])cc2)cc1OC. The van der Waals surface area contributed by atoms with Crippen LogP contribution in [0.4, 0.5) is 17.1 Å². The Kier molecular flexibility index (Phi) is 7.24. The first-order valence-electron chi connectivity index (χ1n) is 12.3. The van der Waals surface area contributed by atoms with Gasteiger partial charge in [0.25, 0.3) is 5.69 Å². The van der Waals surface area contributed by atoms with Gasteiger partial charge in [0.1, 0.15) is 11.8 Å². The molecule has 5 rings (SSSR count). The van der Waals surface area contributed by atoms with Crippen molar-refractivity contribution in [1.29, 1.82) is 0 Å². The van der Waals surface area contributed by atoms with E-state index in [1.807, 2.05) is 58.1 Å². The second-order valence-electron chi connectivity index (χ2n) is 8.86. The lowest BCUT2D eigenvalue weighted by atomic mass is 10.0. The van der Waals surface area contributed by atoms with Gasteiger partial charge in [0.15, 0.2) is 5.11 Å². The van der Waals surface area contributed by atoms with E-state index in [4.69, 9.17) is 17.0 Å². The zero-order chi connectivity index (χ0) is 27.5. The van der Waals surface area contributed by atoms with Gasteiger partial charge in [-0.2, -0.15) is 0 Å². The Hall–Kier alpha value is -4.77. The van der Waals surface area contributed by atoms with Crippen LogP contribution in [0.2, 0.25) is 0 Å². The first kappa shape index (κ1) is 25.9. The second-order valence-corrected chi connectivity index (χ2v) is 9.25. The van der Waals surface area contributed by atoms with Crippen LogP contribution in [0.15, 0.2) is 85.2 Å². The quantitative estimate of drug-likeness (QED) is 0.175. The summed E-state index contributed by atoms with van der Waals surface area (Å²) in [4.78, 5) is 29.4. The zero-order valence-electron chi connectivity index (χ0n) is 21.3. The molecule has 1 fully saturated rings. The highest BCUT2D eigenvalue weighted by Gasteiger charge is 2.42. The first-order valence-corrected chi connectivity index (χ1v) is 12.7. The Morgan fingerprint density at radius 3 is 2.56 bits per heavy atom. The number of carbonyl (C=O) groups excluding carboxylic acids is 1. The number of nitro groups is 1. The molecule has 3 heterocycles. The van der Waals surface area contributed by atoms with Crippen LogP contribution < -0.4 is 20.3 Å². The van der Waals surface area contributed by atoms with E-state index in [1.54, 1.807) is 38.4 Å². The molecular formula is C28H26N6O4S. The Labute approximate surface area is 230 Å². The maximum atomic E-state index is 12.0. The molecule has 39 heavy (non-hydrogen) atoms. The number of benzene rings is 2. The number of nitrogens with zero attached hydrogens (tertiary/aromatic N) is 4. The van der Waals surface area contributed by atoms with E-state index in [1.165, 1.54) is 12.1 Å². The van der Waals surface area contributed by atoms with Gasteiger partial charge in [0, 0.05) is 54.1 Å². The van der Waals surface area contributed by atoms with E-state index in [0.717, 1.165) is 22.8 Å². The van der Waals surface area contributed by atoms with E-state index >= 15 is 0 Å². The van der Waals surface area contributed by atoms with Crippen molar-refractivity contribution in [3.8, 4) is 11.4 Å². The van der Waals surface area contributed by atoms with Crippen molar-refractivity contribution < 1.29 is 14.5 Å². The standard InChI is InChI=1S/C28H26N6O4S/c1-3-25(35)30-21-14-13-20(17-24(21)38-2)33-27(26(31-28(33)39)22-7-4-5-15-29-22)23-8-6-16-32(23)18-9-11-19(12-10-18)34(36)37/h4-17,26-27H,3H2,1-2H3,(H,30,35)(H,31,39)/t26-,27+/m1/s1. The average Bonchev–Trinajstić information content (AvgIpc) is 3.58. The molecule has 1 amide bonds. The highest BCUT2D eigenvalue weighted by Crippen LogP contribution is 2.44. The Morgan fingerprint density at radius 1 is 1.13 bits per heavy atom. The fraction of sp³-hybridized carbons (Fsp3) is 0.179. The summed E-state index contributed by atoms with van der Waals surface area (Å²) in [6, 6.07) is 21.0. The number of non-ortho nitro benzene ring substituents is 1. The monoisotopic (exact) mass is 542 g/mol. The van der Waals surface area contributed by atoms with Gasteiger partial charge in [-0.1, -0.05) is 13.0 Å². The molecule has 1 aliphatic heterocycles. The number of methoxy groups -OCH3 is 1. The summed E-state index contributed by atoms with van der Waals surface area (Å²) in [6.45, 7) is 1.78. The van der Waals surface area contributed by atoms with Crippen LogP contribution in [0.3, 0.4) is 0 Å². The summed E-state index contributed by atoms with van der Waals surface area (Å²) in [6.07, 6.45) is 4.00. The predicted molar refractivity (Wildman–Crippen MR) is 152 cm³/mol. The van der Waals surface area contributed by atoms with E-state index in [0.29, 0.717) is 23.0 Å². The minimum Gasteiger partial charge on any atom is -0.494 e. The highest BCUT2D eigenvalue weighted by atomic mass is 32.1. The fourth-order valence-electron chi connectivity index (χ4n) is 4.71. The van der Waals surface area contributed by atoms with Crippen LogP contribution in [0.5, 0.6) is 5.75 Å². The lowest BCUT2D eigenvalue weighted by molar-refractivity contribution is -0.384. The van der Waals surface area contributed by atoms with Crippen molar-refractivity contribution in [3.05, 3.63) is 107 Å². The van der Waals surface area contributed by atoms with Crippen LogP contribution in [-0.4, -0.2) is 32.6 Å². The number of aromatic nitrogens is 2. The number of nitro benzene ring substituents is 1. The first-order chi connectivity index (χ1) is 18.9. The molecule has 1 aliphatic rings. The smallest absolute Gasteiger partial charge is 0.269 e. The van der Waals surface area contributed by atoms with Crippen molar-refractivity contribution in [2.75, 3.05) is 17.3 Å². The topological polar surface area (TPSA) is 115 Å². The number of rotatable bonds is 8. The number of pyridine rings is 1. The van der Waals surface area contributed by atoms with E-state index in [2.05, 4.69) is 15.6 Å². The highest BCUT2D eigenvalue weighted by molar-refractivity contribution is 7.80. The van der Waals surface area contributed by atoms with Gasteiger partial charge in [-0.25, -0.2) is 0 Å². The van der Waals surface area contributed by atoms with Gasteiger partial charge >= 0.3 is 0 Å². The van der Waals surface area contributed by atoms with Gasteiger partial charge in [0.05, 0.1) is 29.5 Å². The zero-order valence-corrected chi connectivity index (χ0v) is 22.1. The van der Waals surface area contributed by atoms with Crippen LogP contribution in [0, 0.1) is 10.1 Å². The molecule has 10 nitrogen and oxygen atoms in total. The maximum absolute atomic E-state index is 12.0. The predicted octanol–water partition coefficient (Wildman–Crippen LogP) is 5.31. The molecule has 2 aromatic heterocycles. The molecule has 0 bridgehead atoms. The van der Waals surface area contributed by atoms with E-state index in [-0.39, 0.29) is 23.7 Å². The largest absolute Gasteiger partial charge is 0.494 e. The van der Waals surface area contributed by atoms with Crippen molar-refractivity contribution >= 4 is 40.3 Å². The lowest BCUT2D eigenvalue weighted by Crippen LogP contribution is -2.30. The average molecular weight is 543 g/mol. The Balaban J connectivity index is 1.61. The molecule has 0 radical (unpaired) electrons. The molecule has 0 aliphatic carbocycles. The molecule has 1 saturated heterocycles. The molecule has 2 aromatic carbocycles. The number of carbonyl (C=O) groups is 1. The molecule has 2 atom stereocenters. The molecule has 11 heteroatoms. The van der Waals surface area contributed by atoms with E-state index < -0.39 is 4.92 Å². The van der Waals surface area contributed by atoms with Gasteiger partial charge in [-0.05, 0) is 60.7 Å². The van der Waals surface area contributed by atoms with E-state index in [9.17, 15) is 14.9 Å². The summed E-state index contributed by atoms with van der Waals surface area (Å²) in [5, 5.41) is 18.0. The molecule has 4 aromatic rings. The number of hydrogen-bond acceptors (Lipinski definition) is 6. The summed E-state index contributed by atoms with van der Waals surface area (Å²) >= 11 is 5.85. The van der Waals surface area contributed by atoms with Crippen molar-refractivity contribution in [3.63, 3.8) is 0 Å². The number of hydrogen-bond donors (Lipinski definition) is 2. The number of thiocarbonyl (C=S) groups is 1. The number of nitrogens with one attached hydrogen (secondary N) is 2. The summed E-state index contributed by atoms with van der Waals surface area (Å²) < 4.78 is 7.60.